The third-order valence-corrected chi connectivity index (χ3v) is 9.11. The van der Waals surface area contributed by atoms with Crippen LogP contribution in [0.25, 0.3) is 5.65 Å². The van der Waals surface area contributed by atoms with Crippen molar-refractivity contribution >= 4 is 37.2 Å². The highest BCUT2D eigenvalue weighted by Crippen LogP contribution is 2.36. The number of nitrogens with zero attached hydrogens (tertiary/aromatic N) is 3. The zero-order valence-corrected chi connectivity index (χ0v) is 15.6. The molecule has 2 heterocycles. The first-order valence-corrected chi connectivity index (χ1v) is 10.6. The van der Waals surface area contributed by atoms with Crippen molar-refractivity contribution in [3.8, 4) is 0 Å². The number of aromatic nitrogens is 3. The molecule has 0 bridgehead atoms. The first-order chi connectivity index (χ1) is 9.62. The molecule has 0 N–H and O–H groups in total. The van der Waals surface area contributed by atoms with Crippen LogP contribution < -0.4 is 0 Å². The molecule has 0 radical (unpaired) electrons. The van der Waals surface area contributed by atoms with Crippen LogP contribution in [0.2, 0.25) is 28.4 Å². The van der Waals surface area contributed by atoms with Gasteiger partial charge in [-0.15, -0.1) is 0 Å². The molecule has 0 aliphatic carbocycles. The Labute approximate surface area is 136 Å². The number of hydrogen-bond donors (Lipinski definition) is 0. The molecule has 7 heteroatoms. The van der Waals surface area contributed by atoms with Crippen LogP contribution in [0, 0.1) is 0 Å². The van der Waals surface area contributed by atoms with E-state index in [1.807, 2.05) is 0 Å². The number of hydrogen-bond acceptors (Lipinski definition) is 3. The smallest absolute Gasteiger partial charge is 0.191 e. The molecule has 0 saturated carbocycles. The van der Waals surface area contributed by atoms with Crippen molar-refractivity contribution < 1.29 is 4.43 Å². The van der Waals surface area contributed by atoms with Crippen molar-refractivity contribution in [1.82, 2.24) is 14.6 Å². The molecule has 21 heavy (non-hydrogen) atoms. The van der Waals surface area contributed by atoms with E-state index in [2.05, 4.69) is 43.9 Å². The predicted octanol–water partition coefficient (Wildman–Crippen LogP) is 4.60. The molecule has 0 saturated heterocycles. The lowest BCUT2D eigenvalue weighted by Crippen LogP contribution is -2.41. The van der Waals surface area contributed by atoms with E-state index < -0.39 is 8.32 Å². The van der Waals surface area contributed by atoms with Gasteiger partial charge in [-0.05, 0) is 24.6 Å². The van der Waals surface area contributed by atoms with E-state index in [0.717, 1.165) is 12.0 Å². The van der Waals surface area contributed by atoms with Gasteiger partial charge in [-0.2, -0.15) is 5.10 Å². The van der Waals surface area contributed by atoms with Crippen molar-refractivity contribution in [2.24, 2.45) is 0 Å². The highest BCUT2D eigenvalue weighted by Gasteiger charge is 2.36. The highest BCUT2D eigenvalue weighted by atomic mass is 35.5. The van der Waals surface area contributed by atoms with Crippen LogP contribution >= 0.6 is 23.2 Å². The summed E-state index contributed by atoms with van der Waals surface area (Å²) in [7, 11) is -1.73. The average molecular weight is 346 g/mol. The SMILES string of the molecule is CC(C)(C)[Si](C)(C)OCCc1cnn2c(Cl)cc(Cl)nc12. The second-order valence-corrected chi connectivity index (χ2v) is 12.2. The summed E-state index contributed by atoms with van der Waals surface area (Å²) in [6, 6.07) is 1.58. The van der Waals surface area contributed by atoms with E-state index >= 15 is 0 Å². The van der Waals surface area contributed by atoms with Gasteiger partial charge in [-0.25, -0.2) is 9.50 Å². The van der Waals surface area contributed by atoms with E-state index in [-0.39, 0.29) is 5.04 Å². The minimum absolute atomic E-state index is 0.207. The van der Waals surface area contributed by atoms with Gasteiger partial charge in [-0.1, -0.05) is 44.0 Å². The van der Waals surface area contributed by atoms with Gasteiger partial charge in [0.2, 0.25) is 0 Å². The summed E-state index contributed by atoms with van der Waals surface area (Å²) in [4.78, 5) is 4.30. The highest BCUT2D eigenvalue weighted by molar-refractivity contribution is 6.74. The Kier molecular flexibility index (Phi) is 4.68. The average Bonchev–Trinajstić information content (AvgIpc) is 2.71. The van der Waals surface area contributed by atoms with Gasteiger partial charge in [0.05, 0.1) is 6.20 Å². The Hall–Kier alpha value is -0.623. The van der Waals surface area contributed by atoms with Gasteiger partial charge in [0.1, 0.15) is 10.3 Å². The summed E-state index contributed by atoms with van der Waals surface area (Å²) >= 11 is 12.1. The summed E-state index contributed by atoms with van der Waals surface area (Å²) in [5.41, 5.74) is 1.70. The fraction of sp³-hybridized carbons (Fsp3) is 0.571. The number of rotatable bonds is 4. The fourth-order valence-corrected chi connectivity index (χ4v) is 3.26. The zero-order chi connectivity index (χ0) is 15.8. The van der Waals surface area contributed by atoms with Crippen LogP contribution in [0.1, 0.15) is 26.3 Å². The van der Waals surface area contributed by atoms with Crippen LogP contribution in [-0.4, -0.2) is 29.5 Å². The molecule has 0 unspecified atom stereocenters. The van der Waals surface area contributed by atoms with Crippen molar-refractivity contribution in [1.29, 1.82) is 0 Å². The molecular formula is C14H21Cl2N3OSi. The Morgan fingerprint density at radius 3 is 2.57 bits per heavy atom. The molecule has 0 aliphatic rings. The molecule has 0 spiro atoms. The molecule has 0 aromatic carbocycles. The molecule has 2 aromatic rings. The number of fused-ring (bicyclic) bond motifs is 1. The van der Waals surface area contributed by atoms with Crippen molar-refractivity contribution in [3.05, 3.63) is 28.1 Å². The molecule has 2 rings (SSSR count). The minimum atomic E-state index is -1.73. The van der Waals surface area contributed by atoms with Crippen LogP contribution in [0.5, 0.6) is 0 Å². The van der Waals surface area contributed by atoms with E-state index in [0.29, 0.717) is 22.6 Å². The normalized spacial score (nSPS) is 13.1. The van der Waals surface area contributed by atoms with Gasteiger partial charge >= 0.3 is 0 Å². The van der Waals surface area contributed by atoms with Crippen molar-refractivity contribution in [3.63, 3.8) is 0 Å². The fourth-order valence-electron chi connectivity index (χ4n) is 1.75. The van der Waals surface area contributed by atoms with E-state index in [1.54, 1.807) is 16.8 Å². The molecule has 116 valence electrons. The Morgan fingerprint density at radius 2 is 1.95 bits per heavy atom. The van der Waals surface area contributed by atoms with Gasteiger partial charge in [0.25, 0.3) is 0 Å². The van der Waals surface area contributed by atoms with E-state index in [9.17, 15) is 0 Å². The lowest BCUT2D eigenvalue weighted by atomic mass is 10.2. The molecule has 0 atom stereocenters. The van der Waals surface area contributed by atoms with Crippen molar-refractivity contribution in [2.75, 3.05) is 6.61 Å². The van der Waals surface area contributed by atoms with E-state index in [1.165, 1.54) is 0 Å². The number of halogens is 2. The van der Waals surface area contributed by atoms with Gasteiger partial charge in [0.15, 0.2) is 14.0 Å². The molecule has 0 fully saturated rings. The standard InChI is InChI=1S/C14H21Cl2N3OSi/c1-14(2,3)21(4,5)20-7-6-10-9-17-19-12(16)8-11(15)18-13(10)19/h8-9H,6-7H2,1-5H3. The maximum atomic E-state index is 6.18. The van der Waals surface area contributed by atoms with Crippen LogP contribution in [0.15, 0.2) is 12.3 Å². The van der Waals surface area contributed by atoms with Crippen LogP contribution in [0.4, 0.5) is 0 Å². The molecule has 2 aromatic heterocycles. The molecular weight excluding hydrogens is 325 g/mol. The van der Waals surface area contributed by atoms with Crippen LogP contribution in [-0.2, 0) is 10.8 Å². The monoisotopic (exact) mass is 345 g/mol. The maximum absolute atomic E-state index is 6.18. The predicted molar refractivity (Wildman–Crippen MR) is 89.9 cm³/mol. The Morgan fingerprint density at radius 1 is 1.29 bits per heavy atom. The first-order valence-electron chi connectivity index (χ1n) is 6.94. The third-order valence-electron chi connectivity index (χ3n) is 4.11. The topological polar surface area (TPSA) is 39.4 Å². The quantitative estimate of drug-likeness (QED) is 0.600. The summed E-state index contributed by atoms with van der Waals surface area (Å²) < 4.78 is 7.78. The molecule has 4 nitrogen and oxygen atoms in total. The second-order valence-electron chi connectivity index (χ2n) is 6.67. The van der Waals surface area contributed by atoms with Gasteiger partial charge < -0.3 is 4.43 Å². The summed E-state index contributed by atoms with van der Waals surface area (Å²) in [5.74, 6) is 0. The largest absolute Gasteiger partial charge is 0.416 e. The minimum Gasteiger partial charge on any atom is -0.416 e. The zero-order valence-electron chi connectivity index (χ0n) is 13.1. The Bertz CT molecular complexity index is 649. The van der Waals surface area contributed by atoms with Gasteiger partial charge in [0, 0.05) is 18.2 Å². The summed E-state index contributed by atoms with van der Waals surface area (Å²) in [5, 5.41) is 5.28. The lowest BCUT2D eigenvalue weighted by molar-refractivity contribution is 0.292. The lowest BCUT2D eigenvalue weighted by Gasteiger charge is -2.36. The molecule has 0 amide bonds. The van der Waals surface area contributed by atoms with Crippen LogP contribution in [0.3, 0.4) is 0 Å². The third kappa shape index (κ3) is 3.59. The first kappa shape index (κ1) is 16.7. The maximum Gasteiger partial charge on any atom is 0.191 e. The van der Waals surface area contributed by atoms with Crippen molar-refractivity contribution in [2.45, 2.75) is 45.3 Å². The van der Waals surface area contributed by atoms with Gasteiger partial charge in [-0.3, -0.25) is 0 Å². The Balaban J connectivity index is 2.12. The summed E-state index contributed by atoms with van der Waals surface area (Å²) in [6.07, 6.45) is 2.53. The molecule has 0 aliphatic heterocycles. The summed E-state index contributed by atoms with van der Waals surface area (Å²) in [6.45, 7) is 11.8. The van der Waals surface area contributed by atoms with E-state index in [4.69, 9.17) is 27.6 Å². The second kappa shape index (κ2) is 5.87.